The molecular weight excluding hydrogens is 439 g/mol. The molecule has 0 radical (unpaired) electrons. The van der Waals surface area contributed by atoms with E-state index in [0.29, 0.717) is 17.8 Å². The van der Waals surface area contributed by atoms with Gasteiger partial charge in [-0.25, -0.2) is 4.39 Å². The predicted octanol–water partition coefficient (Wildman–Crippen LogP) is 6.64. The minimum Gasteiger partial charge on any atom is -0.303 e. The molecule has 0 bridgehead atoms. The van der Waals surface area contributed by atoms with Gasteiger partial charge < -0.3 is 4.90 Å². The van der Waals surface area contributed by atoms with Crippen molar-refractivity contribution in [1.82, 2.24) is 9.80 Å². The Morgan fingerprint density at radius 3 is 2.47 bits per heavy atom. The standard InChI is InChI=1S/C27H30ClFN2S/c28-25-3-1-2-20(14-25)15-31-17-24(27(18-31)23-10-13-32-19-23)16-30-11-8-22(9-12-30)21-4-6-26(29)7-5-21/h1-7,10,13-14,19,22,24,27H,8-9,11-12,15-18H2/t24-,27+/m0/s1. The van der Waals surface area contributed by atoms with Crippen LogP contribution in [0, 0.1) is 11.7 Å². The Labute approximate surface area is 199 Å². The first-order chi connectivity index (χ1) is 15.6. The molecule has 5 rings (SSSR count). The van der Waals surface area contributed by atoms with Crippen LogP contribution < -0.4 is 0 Å². The van der Waals surface area contributed by atoms with Crippen molar-refractivity contribution in [3.63, 3.8) is 0 Å². The molecule has 0 saturated carbocycles. The molecule has 2 atom stereocenters. The molecule has 5 heteroatoms. The largest absolute Gasteiger partial charge is 0.303 e. The first kappa shape index (κ1) is 22.1. The van der Waals surface area contributed by atoms with E-state index in [9.17, 15) is 4.39 Å². The Kier molecular flexibility index (Phi) is 6.94. The number of nitrogens with zero attached hydrogens (tertiary/aromatic N) is 2. The number of halogens is 2. The first-order valence-electron chi connectivity index (χ1n) is 11.6. The molecule has 2 aromatic carbocycles. The summed E-state index contributed by atoms with van der Waals surface area (Å²) in [5.74, 6) is 1.65. The topological polar surface area (TPSA) is 6.48 Å². The molecule has 2 aliphatic rings. The predicted molar refractivity (Wildman–Crippen MR) is 132 cm³/mol. The lowest BCUT2D eigenvalue weighted by atomic mass is 9.87. The fourth-order valence-electron chi connectivity index (χ4n) is 5.55. The summed E-state index contributed by atoms with van der Waals surface area (Å²) in [7, 11) is 0. The number of benzene rings is 2. The highest BCUT2D eigenvalue weighted by Gasteiger charge is 2.35. The number of piperidine rings is 1. The molecule has 1 aromatic heterocycles. The molecule has 2 nitrogen and oxygen atoms in total. The quantitative estimate of drug-likeness (QED) is 0.400. The van der Waals surface area contributed by atoms with Gasteiger partial charge in [0.25, 0.3) is 0 Å². The van der Waals surface area contributed by atoms with Crippen molar-refractivity contribution in [1.29, 1.82) is 0 Å². The van der Waals surface area contributed by atoms with E-state index in [0.717, 1.165) is 57.1 Å². The first-order valence-corrected chi connectivity index (χ1v) is 12.9. The smallest absolute Gasteiger partial charge is 0.123 e. The van der Waals surface area contributed by atoms with Gasteiger partial charge in [-0.1, -0.05) is 35.9 Å². The summed E-state index contributed by atoms with van der Waals surface area (Å²) in [6.45, 7) is 6.62. The molecule has 2 aliphatic heterocycles. The van der Waals surface area contributed by atoms with Crippen molar-refractivity contribution in [3.05, 3.63) is 92.9 Å². The van der Waals surface area contributed by atoms with E-state index in [-0.39, 0.29) is 5.82 Å². The maximum atomic E-state index is 13.3. The summed E-state index contributed by atoms with van der Waals surface area (Å²) in [6, 6.07) is 17.7. The van der Waals surface area contributed by atoms with Crippen molar-refractivity contribution in [3.8, 4) is 0 Å². The lowest BCUT2D eigenvalue weighted by molar-refractivity contribution is 0.177. The number of thiophene rings is 1. The molecular formula is C27H30ClFN2S. The maximum Gasteiger partial charge on any atom is 0.123 e. The van der Waals surface area contributed by atoms with Gasteiger partial charge in [-0.05, 0) is 95.5 Å². The van der Waals surface area contributed by atoms with Crippen LogP contribution in [-0.2, 0) is 6.54 Å². The highest BCUT2D eigenvalue weighted by molar-refractivity contribution is 7.08. The Bertz CT molecular complexity index is 999. The van der Waals surface area contributed by atoms with Crippen molar-refractivity contribution >= 4 is 22.9 Å². The SMILES string of the molecule is Fc1ccc(C2CCN(C[C@H]3CN(Cc4cccc(Cl)c4)C[C@@H]3c3ccsc3)CC2)cc1. The molecule has 0 amide bonds. The lowest BCUT2D eigenvalue weighted by Gasteiger charge is -2.34. The zero-order valence-corrected chi connectivity index (χ0v) is 19.9. The number of rotatable bonds is 6. The summed E-state index contributed by atoms with van der Waals surface area (Å²) in [5, 5.41) is 5.36. The van der Waals surface area contributed by atoms with E-state index in [2.05, 4.69) is 38.8 Å². The third kappa shape index (κ3) is 5.26. The third-order valence-electron chi connectivity index (χ3n) is 7.20. The molecule has 0 aliphatic carbocycles. The molecule has 0 unspecified atom stereocenters. The van der Waals surface area contributed by atoms with Crippen molar-refractivity contribution in [2.45, 2.75) is 31.2 Å². The van der Waals surface area contributed by atoms with Gasteiger partial charge in [0.1, 0.15) is 5.82 Å². The highest BCUT2D eigenvalue weighted by atomic mass is 35.5. The van der Waals surface area contributed by atoms with Crippen LogP contribution in [0.3, 0.4) is 0 Å². The van der Waals surface area contributed by atoms with E-state index in [1.165, 1.54) is 16.7 Å². The van der Waals surface area contributed by atoms with E-state index in [4.69, 9.17) is 11.6 Å². The van der Waals surface area contributed by atoms with Gasteiger partial charge in [0.05, 0.1) is 0 Å². The van der Waals surface area contributed by atoms with Crippen LogP contribution in [0.2, 0.25) is 5.02 Å². The van der Waals surface area contributed by atoms with Gasteiger partial charge in [-0.15, -0.1) is 0 Å². The van der Waals surface area contributed by atoms with Gasteiger partial charge in [0.2, 0.25) is 0 Å². The molecule has 168 valence electrons. The third-order valence-corrected chi connectivity index (χ3v) is 8.14. The maximum absolute atomic E-state index is 13.3. The van der Waals surface area contributed by atoms with Crippen LogP contribution in [-0.4, -0.2) is 42.5 Å². The Hall–Kier alpha value is -1.72. The van der Waals surface area contributed by atoms with E-state index in [1.807, 2.05) is 24.3 Å². The average Bonchev–Trinajstić information content (AvgIpc) is 3.45. The van der Waals surface area contributed by atoms with Crippen molar-refractivity contribution < 1.29 is 4.39 Å². The van der Waals surface area contributed by atoms with Crippen LogP contribution in [0.4, 0.5) is 4.39 Å². The van der Waals surface area contributed by atoms with Crippen LogP contribution in [0.25, 0.3) is 0 Å². The van der Waals surface area contributed by atoms with Gasteiger partial charge in [0.15, 0.2) is 0 Å². The van der Waals surface area contributed by atoms with Gasteiger partial charge in [-0.2, -0.15) is 11.3 Å². The second kappa shape index (κ2) is 10.0. The average molecular weight is 469 g/mol. The number of hydrogen-bond acceptors (Lipinski definition) is 3. The Morgan fingerprint density at radius 2 is 1.75 bits per heavy atom. The molecule has 3 heterocycles. The van der Waals surface area contributed by atoms with Crippen LogP contribution in [0.15, 0.2) is 65.4 Å². The zero-order valence-electron chi connectivity index (χ0n) is 18.3. The summed E-state index contributed by atoms with van der Waals surface area (Å²) >= 11 is 8.02. The Morgan fingerprint density at radius 1 is 0.938 bits per heavy atom. The van der Waals surface area contributed by atoms with Crippen molar-refractivity contribution in [2.75, 3.05) is 32.7 Å². The van der Waals surface area contributed by atoms with E-state index < -0.39 is 0 Å². The second-order valence-electron chi connectivity index (χ2n) is 9.37. The van der Waals surface area contributed by atoms with Gasteiger partial charge in [0, 0.05) is 37.1 Å². The normalized spacial score (nSPS) is 23.1. The highest BCUT2D eigenvalue weighted by Crippen LogP contribution is 2.36. The second-order valence-corrected chi connectivity index (χ2v) is 10.6. The number of hydrogen-bond donors (Lipinski definition) is 0. The van der Waals surface area contributed by atoms with Crippen molar-refractivity contribution in [2.24, 2.45) is 5.92 Å². The van der Waals surface area contributed by atoms with E-state index in [1.54, 1.807) is 23.5 Å². The molecule has 0 spiro atoms. The van der Waals surface area contributed by atoms with Crippen LogP contribution in [0.5, 0.6) is 0 Å². The molecule has 2 saturated heterocycles. The van der Waals surface area contributed by atoms with Crippen LogP contribution >= 0.6 is 22.9 Å². The minimum atomic E-state index is -0.144. The minimum absolute atomic E-state index is 0.144. The fourth-order valence-corrected chi connectivity index (χ4v) is 6.48. The number of likely N-dealkylation sites (tertiary alicyclic amines) is 2. The fraction of sp³-hybridized carbons (Fsp3) is 0.407. The molecule has 32 heavy (non-hydrogen) atoms. The summed E-state index contributed by atoms with van der Waals surface area (Å²) < 4.78 is 13.3. The van der Waals surface area contributed by atoms with Gasteiger partial charge in [-0.3, -0.25) is 4.90 Å². The van der Waals surface area contributed by atoms with E-state index >= 15 is 0 Å². The Balaban J connectivity index is 1.22. The monoisotopic (exact) mass is 468 g/mol. The van der Waals surface area contributed by atoms with Crippen LogP contribution in [0.1, 0.15) is 41.4 Å². The summed E-state index contributed by atoms with van der Waals surface area (Å²) in [6.07, 6.45) is 2.32. The summed E-state index contributed by atoms with van der Waals surface area (Å²) in [5.41, 5.74) is 4.08. The zero-order chi connectivity index (χ0) is 21.9. The molecule has 0 N–H and O–H groups in total. The van der Waals surface area contributed by atoms with Gasteiger partial charge >= 0.3 is 0 Å². The lowest BCUT2D eigenvalue weighted by Crippen LogP contribution is -2.38. The molecule has 2 fully saturated rings. The summed E-state index contributed by atoms with van der Waals surface area (Å²) in [4.78, 5) is 5.26. The molecule has 3 aromatic rings.